The molecule has 102 valence electrons. The van der Waals surface area contributed by atoms with Gasteiger partial charge in [0.1, 0.15) is 0 Å². The molecule has 19 heavy (non-hydrogen) atoms. The molecule has 0 aliphatic heterocycles. The SMILES string of the molecule is Cc1ccc(SC(c2ccc(Cl)s2)C(C)N)cc1C. The second-order valence-corrected chi connectivity index (χ2v) is 7.75. The van der Waals surface area contributed by atoms with Gasteiger partial charge in [0, 0.05) is 15.8 Å². The highest BCUT2D eigenvalue weighted by Crippen LogP contribution is 2.41. The molecule has 2 atom stereocenters. The highest BCUT2D eigenvalue weighted by molar-refractivity contribution is 7.99. The van der Waals surface area contributed by atoms with Crippen molar-refractivity contribution in [3.63, 3.8) is 0 Å². The summed E-state index contributed by atoms with van der Waals surface area (Å²) >= 11 is 9.45. The lowest BCUT2D eigenvalue weighted by Gasteiger charge is -2.19. The molecule has 0 aliphatic rings. The summed E-state index contributed by atoms with van der Waals surface area (Å²) in [6, 6.07) is 10.7. The third kappa shape index (κ3) is 3.76. The standard InChI is InChI=1S/C15H18ClNS2/c1-9-4-5-12(8-10(9)2)18-15(11(3)17)13-6-7-14(16)19-13/h4-8,11,15H,17H2,1-3H3. The quantitative estimate of drug-likeness (QED) is 0.785. The van der Waals surface area contributed by atoms with Crippen LogP contribution < -0.4 is 5.73 Å². The molecule has 0 radical (unpaired) electrons. The molecule has 0 amide bonds. The average molecular weight is 312 g/mol. The van der Waals surface area contributed by atoms with E-state index < -0.39 is 0 Å². The molecule has 0 bridgehead atoms. The average Bonchev–Trinajstić information content (AvgIpc) is 2.76. The molecule has 1 aromatic carbocycles. The van der Waals surface area contributed by atoms with E-state index in [9.17, 15) is 0 Å². The fourth-order valence-corrected chi connectivity index (χ4v) is 4.38. The van der Waals surface area contributed by atoms with Crippen LogP contribution in [0.4, 0.5) is 0 Å². The number of rotatable bonds is 4. The Hall–Kier alpha value is -0.480. The summed E-state index contributed by atoms with van der Waals surface area (Å²) in [5.41, 5.74) is 8.77. The molecular weight excluding hydrogens is 294 g/mol. The molecule has 1 aromatic heterocycles. The van der Waals surface area contributed by atoms with Gasteiger partial charge in [-0.05, 0) is 56.2 Å². The first-order chi connectivity index (χ1) is 8.97. The molecule has 2 N–H and O–H groups in total. The summed E-state index contributed by atoms with van der Waals surface area (Å²) < 4.78 is 0.821. The van der Waals surface area contributed by atoms with E-state index in [0.717, 1.165) is 4.34 Å². The Bertz CT molecular complexity index is 563. The molecule has 0 saturated heterocycles. The third-order valence-corrected chi connectivity index (χ3v) is 6.02. The van der Waals surface area contributed by atoms with Gasteiger partial charge in [-0.15, -0.1) is 23.1 Å². The number of thiophene rings is 1. The molecule has 2 rings (SSSR count). The van der Waals surface area contributed by atoms with E-state index in [0.29, 0.717) is 0 Å². The first kappa shape index (κ1) is 14.9. The zero-order valence-corrected chi connectivity index (χ0v) is 13.7. The number of aryl methyl sites for hydroxylation is 2. The van der Waals surface area contributed by atoms with Crippen molar-refractivity contribution in [1.29, 1.82) is 0 Å². The first-order valence-corrected chi connectivity index (χ1v) is 8.29. The molecule has 1 nitrogen and oxygen atoms in total. The zero-order chi connectivity index (χ0) is 14.0. The molecule has 0 spiro atoms. The Kier molecular flexibility index (Phi) is 4.96. The van der Waals surface area contributed by atoms with Gasteiger partial charge in [-0.3, -0.25) is 0 Å². The van der Waals surface area contributed by atoms with E-state index in [4.69, 9.17) is 17.3 Å². The van der Waals surface area contributed by atoms with Crippen molar-refractivity contribution in [2.45, 2.75) is 37.0 Å². The van der Waals surface area contributed by atoms with E-state index in [-0.39, 0.29) is 11.3 Å². The maximum absolute atomic E-state index is 6.14. The minimum Gasteiger partial charge on any atom is -0.327 e. The monoisotopic (exact) mass is 311 g/mol. The predicted octanol–water partition coefficient (Wildman–Crippen LogP) is 5.20. The van der Waals surface area contributed by atoms with E-state index >= 15 is 0 Å². The lowest BCUT2D eigenvalue weighted by molar-refractivity contribution is 0.730. The van der Waals surface area contributed by atoms with Crippen molar-refractivity contribution in [2.24, 2.45) is 5.73 Å². The molecule has 2 unspecified atom stereocenters. The second-order valence-electron chi connectivity index (χ2n) is 4.79. The van der Waals surface area contributed by atoms with Crippen molar-refractivity contribution < 1.29 is 0 Å². The minimum absolute atomic E-state index is 0.0846. The van der Waals surface area contributed by atoms with Crippen LogP contribution >= 0.6 is 34.7 Å². The van der Waals surface area contributed by atoms with Crippen molar-refractivity contribution >= 4 is 34.7 Å². The lowest BCUT2D eigenvalue weighted by atomic mass is 10.1. The molecule has 4 heteroatoms. The van der Waals surface area contributed by atoms with Gasteiger partial charge in [-0.1, -0.05) is 17.7 Å². The van der Waals surface area contributed by atoms with Crippen molar-refractivity contribution in [1.82, 2.24) is 0 Å². The highest BCUT2D eigenvalue weighted by atomic mass is 35.5. The predicted molar refractivity (Wildman–Crippen MR) is 87.5 cm³/mol. The van der Waals surface area contributed by atoms with Crippen LogP contribution in [0.3, 0.4) is 0 Å². The van der Waals surface area contributed by atoms with Crippen LogP contribution in [0.25, 0.3) is 0 Å². The normalized spacial score (nSPS) is 14.4. The van der Waals surface area contributed by atoms with E-state index in [1.807, 2.05) is 24.8 Å². The van der Waals surface area contributed by atoms with Crippen LogP contribution in [0, 0.1) is 13.8 Å². The summed E-state index contributed by atoms with van der Waals surface area (Å²) in [5.74, 6) is 0. The van der Waals surface area contributed by atoms with E-state index in [1.165, 1.54) is 20.9 Å². The van der Waals surface area contributed by atoms with Crippen LogP contribution in [0.2, 0.25) is 4.34 Å². The van der Waals surface area contributed by atoms with Gasteiger partial charge in [0.2, 0.25) is 0 Å². The Morgan fingerprint density at radius 3 is 2.42 bits per heavy atom. The topological polar surface area (TPSA) is 26.0 Å². The smallest absolute Gasteiger partial charge is 0.0931 e. The van der Waals surface area contributed by atoms with Crippen LogP contribution in [-0.4, -0.2) is 6.04 Å². The number of benzene rings is 1. The Morgan fingerprint density at radius 1 is 1.16 bits per heavy atom. The fraction of sp³-hybridized carbons (Fsp3) is 0.333. The van der Waals surface area contributed by atoms with Gasteiger partial charge in [-0.25, -0.2) is 0 Å². The number of hydrogen-bond acceptors (Lipinski definition) is 3. The summed E-state index contributed by atoms with van der Waals surface area (Å²) in [7, 11) is 0. The summed E-state index contributed by atoms with van der Waals surface area (Å²) in [6.45, 7) is 6.32. The summed E-state index contributed by atoms with van der Waals surface area (Å²) in [4.78, 5) is 2.50. The van der Waals surface area contributed by atoms with Gasteiger partial charge in [0.25, 0.3) is 0 Å². The number of thioether (sulfide) groups is 1. The van der Waals surface area contributed by atoms with Crippen molar-refractivity contribution in [3.8, 4) is 0 Å². The van der Waals surface area contributed by atoms with Crippen LogP contribution in [0.15, 0.2) is 35.2 Å². The van der Waals surface area contributed by atoms with Crippen molar-refractivity contribution in [2.75, 3.05) is 0 Å². The molecule has 0 saturated carbocycles. The van der Waals surface area contributed by atoms with Crippen LogP contribution in [0.5, 0.6) is 0 Å². The summed E-state index contributed by atoms with van der Waals surface area (Å²) in [6.07, 6.45) is 0. The van der Waals surface area contributed by atoms with Gasteiger partial charge in [0.05, 0.1) is 9.59 Å². The maximum atomic E-state index is 6.14. The van der Waals surface area contributed by atoms with Crippen LogP contribution in [0.1, 0.15) is 28.2 Å². The van der Waals surface area contributed by atoms with E-state index in [2.05, 4.69) is 38.1 Å². The molecule has 1 heterocycles. The Labute approximate surface area is 128 Å². The van der Waals surface area contributed by atoms with Crippen LogP contribution in [-0.2, 0) is 0 Å². The number of nitrogens with two attached hydrogens (primary N) is 1. The first-order valence-electron chi connectivity index (χ1n) is 6.22. The van der Waals surface area contributed by atoms with Crippen molar-refractivity contribution in [3.05, 3.63) is 50.7 Å². The van der Waals surface area contributed by atoms with E-state index in [1.54, 1.807) is 11.3 Å². The number of hydrogen-bond donors (Lipinski definition) is 1. The Morgan fingerprint density at radius 2 is 1.89 bits per heavy atom. The largest absolute Gasteiger partial charge is 0.327 e. The van der Waals surface area contributed by atoms with Gasteiger partial charge >= 0.3 is 0 Å². The van der Waals surface area contributed by atoms with Gasteiger partial charge < -0.3 is 5.73 Å². The minimum atomic E-state index is 0.0846. The molecular formula is C15H18ClNS2. The number of halogens is 1. The lowest BCUT2D eigenvalue weighted by Crippen LogP contribution is -2.21. The maximum Gasteiger partial charge on any atom is 0.0931 e. The molecule has 0 fully saturated rings. The molecule has 2 aromatic rings. The second kappa shape index (κ2) is 6.31. The summed E-state index contributed by atoms with van der Waals surface area (Å²) in [5, 5.41) is 0.250. The fourth-order valence-electron chi connectivity index (χ4n) is 1.84. The molecule has 0 aliphatic carbocycles. The van der Waals surface area contributed by atoms with Gasteiger partial charge in [-0.2, -0.15) is 0 Å². The van der Waals surface area contributed by atoms with Gasteiger partial charge in [0.15, 0.2) is 0 Å². The zero-order valence-electron chi connectivity index (χ0n) is 11.3. The highest BCUT2D eigenvalue weighted by Gasteiger charge is 2.19. The Balaban J connectivity index is 2.23. The third-order valence-electron chi connectivity index (χ3n) is 3.09.